The summed E-state index contributed by atoms with van der Waals surface area (Å²) in [6.07, 6.45) is 0. The van der Waals surface area contributed by atoms with Gasteiger partial charge in [0.1, 0.15) is 10.4 Å². The van der Waals surface area contributed by atoms with E-state index in [0.717, 1.165) is 6.54 Å². The van der Waals surface area contributed by atoms with Gasteiger partial charge in [-0.2, -0.15) is 0 Å². The minimum Gasteiger partial charge on any atom is -0.330 e. The van der Waals surface area contributed by atoms with Crippen molar-refractivity contribution in [2.24, 2.45) is 0 Å². The third-order valence-electron chi connectivity index (χ3n) is 0.474. The van der Waals surface area contributed by atoms with Crippen LogP contribution in [0.4, 0.5) is 0 Å². The maximum absolute atomic E-state index is 3.25. The molecule has 0 saturated carbocycles. The molecule has 0 aliphatic rings. The van der Waals surface area contributed by atoms with Crippen molar-refractivity contribution in [1.82, 2.24) is 4.57 Å². The van der Waals surface area contributed by atoms with Crippen molar-refractivity contribution in [2.45, 2.75) is 6.92 Å². The van der Waals surface area contributed by atoms with Gasteiger partial charge in [-0.05, 0) is 13.6 Å². The fourth-order valence-electron chi connectivity index (χ4n) is 0. The zero-order valence-electron chi connectivity index (χ0n) is 4.15. The summed E-state index contributed by atoms with van der Waals surface area (Å²) in [6, 6.07) is 0. The van der Waals surface area contributed by atoms with E-state index >= 15 is 0 Å². The molecule has 0 amide bonds. The van der Waals surface area contributed by atoms with Crippen molar-refractivity contribution in [2.75, 3.05) is 13.6 Å². The summed E-state index contributed by atoms with van der Waals surface area (Å²) in [5.74, 6) is 0. The molecule has 0 aliphatic carbocycles. The molecule has 0 N–H and O–H groups in total. The molecule has 0 aromatic rings. The molecule has 0 saturated heterocycles. The van der Waals surface area contributed by atoms with E-state index in [9.17, 15) is 0 Å². The molecule has 33 valence electrons. The van der Waals surface area contributed by atoms with Crippen molar-refractivity contribution in [3.63, 3.8) is 0 Å². The van der Waals surface area contributed by atoms with Crippen LogP contribution in [-0.4, -0.2) is 39.5 Å². The topological polar surface area (TPSA) is 3.24 Å². The van der Waals surface area contributed by atoms with Crippen LogP contribution in [0.2, 0.25) is 0 Å². The zero-order chi connectivity index (χ0) is 4.28. The molecule has 0 aromatic heterocycles. The predicted octanol–water partition coefficient (Wildman–Crippen LogP) is -0.359. The third kappa shape index (κ3) is 8.83. The molecule has 0 unspecified atom stereocenters. The molecule has 3 heteroatoms. The van der Waals surface area contributed by atoms with Gasteiger partial charge in [-0.3, -0.25) is 0 Å². The number of hydrogen-bond donors (Lipinski definition) is 0. The smallest absolute Gasteiger partial charge is 0.143 e. The molecule has 0 atom stereocenters. The quantitative estimate of drug-likeness (QED) is 0.421. The summed E-state index contributed by atoms with van der Waals surface area (Å²) < 4.78 is 1.93. The van der Waals surface area contributed by atoms with E-state index < -0.39 is 0 Å². The Labute approximate surface area is 47.3 Å². The fourth-order valence-corrected chi connectivity index (χ4v) is 0. The molecular weight excluding hydrogens is 106 g/mol. The summed E-state index contributed by atoms with van der Waals surface area (Å²) in [4.78, 5) is 0. The Bertz CT molecular complexity index is 22.8. The van der Waals surface area contributed by atoms with Crippen LogP contribution in [0.3, 0.4) is 0 Å². The average Bonchev–Trinajstić information content (AvgIpc) is 1.38. The molecular formula is C3H8NSi2. The van der Waals surface area contributed by atoms with Gasteiger partial charge in [0.2, 0.25) is 0 Å². The fraction of sp³-hybridized carbons (Fsp3) is 1.00. The van der Waals surface area contributed by atoms with E-state index in [1.54, 1.807) is 0 Å². The first-order chi connectivity index (χ1) is 2.27. The number of hydrogen-bond acceptors (Lipinski definition) is 1. The second-order valence-electron chi connectivity index (χ2n) is 1.01. The van der Waals surface area contributed by atoms with Crippen LogP contribution in [0, 0.1) is 0 Å². The second kappa shape index (κ2) is 5.39. The molecule has 0 rings (SSSR count). The van der Waals surface area contributed by atoms with Gasteiger partial charge in [0.05, 0.1) is 0 Å². The van der Waals surface area contributed by atoms with E-state index in [-0.39, 0.29) is 11.0 Å². The Balaban J connectivity index is 0. The van der Waals surface area contributed by atoms with Gasteiger partial charge in [-0.15, -0.1) is 0 Å². The van der Waals surface area contributed by atoms with Crippen molar-refractivity contribution < 1.29 is 0 Å². The molecule has 0 heterocycles. The van der Waals surface area contributed by atoms with Gasteiger partial charge < -0.3 is 4.57 Å². The van der Waals surface area contributed by atoms with Crippen LogP contribution in [0.5, 0.6) is 0 Å². The Morgan fingerprint density at radius 2 is 1.83 bits per heavy atom. The van der Waals surface area contributed by atoms with E-state index in [4.69, 9.17) is 0 Å². The minimum absolute atomic E-state index is 0. The molecule has 0 bridgehead atoms. The Kier molecular flexibility index (Phi) is 8.66. The lowest BCUT2D eigenvalue weighted by Crippen LogP contribution is -2.11. The molecule has 1 nitrogen and oxygen atoms in total. The van der Waals surface area contributed by atoms with Crippen molar-refractivity contribution in [3.8, 4) is 0 Å². The highest BCUT2D eigenvalue weighted by atomic mass is 28.2. The van der Waals surface area contributed by atoms with Gasteiger partial charge in [0.15, 0.2) is 0 Å². The van der Waals surface area contributed by atoms with Gasteiger partial charge in [-0.25, -0.2) is 0 Å². The average molecular weight is 114 g/mol. The van der Waals surface area contributed by atoms with Crippen LogP contribution in [-0.2, 0) is 0 Å². The lowest BCUT2D eigenvalue weighted by molar-refractivity contribution is 0.581. The first-order valence-electron chi connectivity index (χ1n) is 1.69. The van der Waals surface area contributed by atoms with Crippen molar-refractivity contribution >= 4 is 21.4 Å². The van der Waals surface area contributed by atoms with Crippen LogP contribution in [0.15, 0.2) is 0 Å². The maximum Gasteiger partial charge on any atom is 0.143 e. The Morgan fingerprint density at radius 3 is 1.83 bits per heavy atom. The normalized spacial score (nSPS) is 8.00. The van der Waals surface area contributed by atoms with E-state index in [2.05, 4.69) is 17.3 Å². The standard InChI is InChI=1S/C3H8NSi.Si/c1-3-4(2)5;/h3H2,1-2H3;. The van der Waals surface area contributed by atoms with Gasteiger partial charge in [0, 0.05) is 11.0 Å². The largest absolute Gasteiger partial charge is 0.330 e. The monoisotopic (exact) mass is 114 g/mol. The zero-order valence-corrected chi connectivity index (χ0v) is 6.15. The number of nitrogens with zero attached hydrogens (tertiary/aromatic N) is 1. The molecule has 0 spiro atoms. The first-order valence-corrected chi connectivity index (χ1v) is 2.14. The van der Waals surface area contributed by atoms with Gasteiger partial charge >= 0.3 is 0 Å². The van der Waals surface area contributed by atoms with E-state index in [0.29, 0.717) is 0 Å². The van der Waals surface area contributed by atoms with Gasteiger partial charge in [-0.1, -0.05) is 6.92 Å². The predicted molar refractivity (Wildman–Crippen MR) is 29.8 cm³/mol. The highest BCUT2D eigenvalue weighted by Crippen LogP contribution is 1.62. The maximum atomic E-state index is 3.25. The van der Waals surface area contributed by atoms with Crippen LogP contribution >= 0.6 is 0 Å². The van der Waals surface area contributed by atoms with E-state index in [1.165, 1.54) is 0 Å². The number of rotatable bonds is 1. The van der Waals surface area contributed by atoms with Crippen LogP contribution in [0.1, 0.15) is 6.92 Å². The van der Waals surface area contributed by atoms with Crippen LogP contribution < -0.4 is 0 Å². The summed E-state index contributed by atoms with van der Waals surface area (Å²) in [5, 5.41) is 0. The van der Waals surface area contributed by atoms with E-state index in [1.807, 2.05) is 11.6 Å². The van der Waals surface area contributed by atoms with Crippen LogP contribution in [0.25, 0.3) is 0 Å². The van der Waals surface area contributed by atoms with Gasteiger partial charge in [0.25, 0.3) is 0 Å². The Hall–Kier alpha value is 0.394. The highest BCUT2D eigenvalue weighted by Gasteiger charge is 1.73. The first kappa shape index (κ1) is 9.64. The third-order valence-corrected chi connectivity index (χ3v) is 0.791. The summed E-state index contributed by atoms with van der Waals surface area (Å²) >= 11 is 0. The lowest BCUT2D eigenvalue weighted by Gasteiger charge is -1.99. The summed E-state index contributed by atoms with van der Waals surface area (Å²) in [5.41, 5.74) is 0. The SMILES string of the molecule is CCN(C)[Si].[Si]. The molecule has 6 heavy (non-hydrogen) atoms. The second-order valence-corrected chi connectivity index (χ2v) is 1.78. The minimum atomic E-state index is 0. The molecule has 0 aliphatic heterocycles. The summed E-state index contributed by atoms with van der Waals surface area (Å²) in [7, 11) is 5.22. The van der Waals surface area contributed by atoms with Crippen molar-refractivity contribution in [3.05, 3.63) is 0 Å². The lowest BCUT2D eigenvalue weighted by atomic mass is 10.8. The Morgan fingerprint density at radius 1 is 1.67 bits per heavy atom. The highest BCUT2D eigenvalue weighted by molar-refractivity contribution is 6.04. The molecule has 0 fully saturated rings. The summed E-state index contributed by atoms with van der Waals surface area (Å²) in [6.45, 7) is 3.13. The molecule has 0 aromatic carbocycles. The van der Waals surface area contributed by atoms with Crippen molar-refractivity contribution in [1.29, 1.82) is 0 Å². The molecule has 7 radical (unpaired) electrons.